The van der Waals surface area contributed by atoms with Crippen LogP contribution in [0.15, 0.2) is 41.6 Å². The van der Waals surface area contributed by atoms with E-state index < -0.39 is 0 Å². The van der Waals surface area contributed by atoms with Crippen LogP contribution >= 0.6 is 23.2 Å². The number of halogens is 2. The Kier molecular flexibility index (Phi) is 3.81. The molecule has 0 aliphatic rings. The molecule has 6 nitrogen and oxygen atoms in total. The molecule has 0 aliphatic carbocycles. The van der Waals surface area contributed by atoms with E-state index in [2.05, 4.69) is 10.2 Å². The van der Waals surface area contributed by atoms with Gasteiger partial charge in [0.1, 0.15) is 18.5 Å². The molecule has 0 radical (unpaired) electrons. The fourth-order valence-corrected chi connectivity index (χ4v) is 2.39. The second-order valence-electron chi connectivity index (χ2n) is 4.22. The van der Waals surface area contributed by atoms with Gasteiger partial charge in [0.05, 0.1) is 22.8 Å². The smallest absolute Gasteiger partial charge is 0.292 e. The zero-order valence-electron chi connectivity index (χ0n) is 10.7. The Hall–Kier alpha value is -2.05. The van der Waals surface area contributed by atoms with Gasteiger partial charge in [0, 0.05) is 0 Å². The zero-order valence-corrected chi connectivity index (χ0v) is 12.3. The Labute approximate surface area is 129 Å². The van der Waals surface area contributed by atoms with Crippen molar-refractivity contribution in [2.45, 2.75) is 6.54 Å². The Morgan fingerprint density at radius 2 is 1.90 bits per heavy atom. The number of rotatable bonds is 4. The summed E-state index contributed by atoms with van der Waals surface area (Å²) in [6.45, 7) is 0.503. The SMILES string of the molecule is O=c1c2ccnn2cnn1CCOc1c(Cl)cccc1Cl. The summed E-state index contributed by atoms with van der Waals surface area (Å²) >= 11 is 12.0. The zero-order chi connectivity index (χ0) is 14.8. The van der Waals surface area contributed by atoms with Gasteiger partial charge < -0.3 is 4.74 Å². The van der Waals surface area contributed by atoms with E-state index in [9.17, 15) is 4.79 Å². The third-order valence-electron chi connectivity index (χ3n) is 2.89. The van der Waals surface area contributed by atoms with Crippen LogP contribution in [0.3, 0.4) is 0 Å². The monoisotopic (exact) mass is 324 g/mol. The average Bonchev–Trinajstić information content (AvgIpc) is 2.93. The van der Waals surface area contributed by atoms with Gasteiger partial charge in [-0.15, -0.1) is 0 Å². The van der Waals surface area contributed by atoms with Crippen molar-refractivity contribution in [2.24, 2.45) is 0 Å². The highest BCUT2D eigenvalue weighted by atomic mass is 35.5. The molecule has 0 bridgehead atoms. The number of ether oxygens (including phenoxy) is 1. The number of benzene rings is 1. The van der Waals surface area contributed by atoms with Crippen molar-refractivity contribution in [3.05, 3.63) is 57.2 Å². The van der Waals surface area contributed by atoms with Crippen LogP contribution in [0.5, 0.6) is 5.75 Å². The average molecular weight is 325 g/mol. The van der Waals surface area contributed by atoms with E-state index in [1.54, 1.807) is 30.5 Å². The predicted molar refractivity (Wildman–Crippen MR) is 79.2 cm³/mol. The Bertz CT molecular complexity index is 823. The van der Waals surface area contributed by atoms with Crippen LogP contribution in [-0.2, 0) is 6.54 Å². The molecule has 0 fully saturated rings. The summed E-state index contributed by atoms with van der Waals surface area (Å²) in [6.07, 6.45) is 3.02. The van der Waals surface area contributed by atoms with Gasteiger partial charge >= 0.3 is 0 Å². The molecule has 0 aliphatic heterocycles. The third-order valence-corrected chi connectivity index (χ3v) is 3.49. The minimum absolute atomic E-state index is 0.223. The summed E-state index contributed by atoms with van der Waals surface area (Å²) < 4.78 is 8.26. The minimum atomic E-state index is -0.233. The van der Waals surface area contributed by atoms with Crippen LogP contribution in [0.1, 0.15) is 0 Å². The lowest BCUT2D eigenvalue weighted by atomic mass is 10.3. The summed E-state index contributed by atoms with van der Waals surface area (Å²) in [5, 5.41) is 8.81. The second kappa shape index (κ2) is 5.75. The molecule has 3 aromatic rings. The van der Waals surface area contributed by atoms with Gasteiger partial charge in [-0.25, -0.2) is 9.20 Å². The van der Waals surface area contributed by atoms with Crippen molar-refractivity contribution in [3.8, 4) is 5.75 Å². The van der Waals surface area contributed by atoms with Gasteiger partial charge in [-0.05, 0) is 18.2 Å². The largest absolute Gasteiger partial charge is 0.489 e. The lowest BCUT2D eigenvalue weighted by Gasteiger charge is -2.10. The minimum Gasteiger partial charge on any atom is -0.489 e. The molecule has 0 atom stereocenters. The number of hydrogen-bond donors (Lipinski definition) is 0. The molecule has 2 aromatic heterocycles. The Morgan fingerprint density at radius 1 is 1.14 bits per heavy atom. The van der Waals surface area contributed by atoms with Crippen LogP contribution < -0.4 is 10.3 Å². The Balaban J connectivity index is 1.75. The van der Waals surface area contributed by atoms with Crippen molar-refractivity contribution >= 4 is 28.7 Å². The molecular formula is C13H10Cl2N4O2. The van der Waals surface area contributed by atoms with Crippen molar-refractivity contribution in [3.63, 3.8) is 0 Å². The van der Waals surface area contributed by atoms with Crippen LogP contribution in [0.4, 0.5) is 0 Å². The quantitative estimate of drug-likeness (QED) is 0.738. The number of para-hydroxylation sites is 1. The van der Waals surface area contributed by atoms with E-state index in [1.807, 2.05) is 0 Å². The molecule has 8 heteroatoms. The van der Waals surface area contributed by atoms with Gasteiger partial charge in [-0.3, -0.25) is 4.79 Å². The van der Waals surface area contributed by atoms with Crippen molar-refractivity contribution in [1.29, 1.82) is 0 Å². The highest BCUT2D eigenvalue weighted by Gasteiger charge is 2.08. The second-order valence-corrected chi connectivity index (χ2v) is 5.03. The van der Waals surface area contributed by atoms with E-state index in [0.29, 0.717) is 21.3 Å². The molecular weight excluding hydrogens is 315 g/mol. The van der Waals surface area contributed by atoms with E-state index >= 15 is 0 Å². The maximum atomic E-state index is 12.1. The third kappa shape index (κ3) is 2.72. The van der Waals surface area contributed by atoms with Crippen molar-refractivity contribution in [1.82, 2.24) is 19.4 Å². The van der Waals surface area contributed by atoms with Crippen LogP contribution in [0.2, 0.25) is 10.0 Å². The summed E-state index contributed by atoms with van der Waals surface area (Å²) in [4.78, 5) is 12.1. The van der Waals surface area contributed by atoms with Crippen molar-refractivity contribution < 1.29 is 4.74 Å². The highest BCUT2D eigenvalue weighted by molar-refractivity contribution is 6.37. The first-order valence-electron chi connectivity index (χ1n) is 6.13. The topological polar surface area (TPSA) is 61.4 Å². The highest BCUT2D eigenvalue weighted by Crippen LogP contribution is 2.32. The molecule has 0 saturated carbocycles. The molecule has 0 spiro atoms. The first-order valence-corrected chi connectivity index (χ1v) is 6.88. The number of nitrogens with zero attached hydrogens (tertiary/aromatic N) is 4. The molecule has 0 unspecified atom stereocenters. The van der Waals surface area contributed by atoms with Crippen LogP contribution in [0.25, 0.3) is 5.52 Å². The fraction of sp³-hybridized carbons (Fsp3) is 0.154. The van der Waals surface area contributed by atoms with Crippen LogP contribution in [-0.4, -0.2) is 26.0 Å². The summed E-state index contributed by atoms with van der Waals surface area (Å²) in [6, 6.07) is 6.74. The number of aromatic nitrogens is 4. The van der Waals surface area contributed by atoms with E-state index in [-0.39, 0.29) is 18.7 Å². The first kappa shape index (κ1) is 13.9. The molecule has 21 heavy (non-hydrogen) atoms. The normalized spacial score (nSPS) is 11.0. The standard InChI is InChI=1S/C13H10Cl2N4O2/c14-9-2-1-3-10(15)12(9)21-7-6-18-13(20)11-4-5-16-19(11)8-17-18/h1-5,8H,6-7H2. The van der Waals surface area contributed by atoms with Gasteiger partial charge in [-0.2, -0.15) is 10.2 Å². The number of hydrogen-bond acceptors (Lipinski definition) is 4. The molecule has 1 aromatic carbocycles. The fourth-order valence-electron chi connectivity index (χ4n) is 1.89. The maximum absolute atomic E-state index is 12.1. The van der Waals surface area contributed by atoms with E-state index in [1.165, 1.54) is 15.5 Å². The molecule has 108 valence electrons. The van der Waals surface area contributed by atoms with E-state index in [4.69, 9.17) is 27.9 Å². The van der Waals surface area contributed by atoms with Crippen molar-refractivity contribution in [2.75, 3.05) is 6.61 Å². The van der Waals surface area contributed by atoms with E-state index in [0.717, 1.165) is 0 Å². The summed E-state index contributed by atoms with van der Waals surface area (Å²) in [5.41, 5.74) is 0.227. The molecule has 2 heterocycles. The van der Waals surface area contributed by atoms with Gasteiger partial charge in [0.15, 0.2) is 5.75 Å². The Morgan fingerprint density at radius 3 is 2.67 bits per heavy atom. The summed E-state index contributed by atoms with van der Waals surface area (Å²) in [7, 11) is 0. The number of fused-ring (bicyclic) bond motifs is 1. The molecule has 0 saturated heterocycles. The lowest BCUT2D eigenvalue weighted by Crippen LogP contribution is -2.27. The molecule has 3 rings (SSSR count). The van der Waals surface area contributed by atoms with Gasteiger partial charge in [0.25, 0.3) is 5.56 Å². The predicted octanol–water partition coefficient (Wildman–Crippen LogP) is 2.28. The first-order chi connectivity index (χ1) is 10.2. The molecule has 0 amide bonds. The van der Waals surface area contributed by atoms with Crippen LogP contribution in [0, 0.1) is 0 Å². The van der Waals surface area contributed by atoms with Gasteiger partial charge in [0.2, 0.25) is 0 Å². The summed E-state index contributed by atoms with van der Waals surface area (Å²) in [5.74, 6) is 0.402. The maximum Gasteiger partial charge on any atom is 0.292 e. The lowest BCUT2D eigenvalue weighted by molar-refractivity contribution is 0.287. The molecule has 0 N–H and O–H groups in total. The van der Waals surface area contributed by atoms with Gasteiger partial charge in [-0.1, -0.05) is 29.3 Å².